The summed E-state index contributed by atoms with van der Waals surface area (Å²) in [5.41, 5.74) is 2.31. The summed E-state index contributed by atoms with van der Waals surface area (Å²) in [4.78, 5) is 14.4. The van der Waals surface area contributed by atoms with E-state index < -0.39 is 5.82 Å². The third-order valence-electron chi connectivity index (χ3n) is 4.34. The van der Waals surface area contributed by atoms with Crippen LogP contribution in [0.1, 0.15) is 22.3 Å². The number of nitriles is 1. The summed E-state index contributed by atoms with van der Waals surface area (Å²) < 4.78 is 27.4. The summed E-state index contributed by atoms with van der Waals surface area (Å²) in [6, 6.07) is 21.2. The zero-order valence-electron chi connectivity index (χ0n) is 15.6. The first-order valence-corrected chi connectivity index (χ1v) is 9.00. The number of benzene rings is 3. The first-order chi connectivity index (χ1) is 14.0. The standard InChI is InChI=1S/C24H18F2N2O/c25-22-6-3-4-20(14-22)17-28(16-19-10-8-18(15-27)9-11-19)24(29)13-12-21-5-1-2-7-23(21)26/h1-14H,16-17H2/b13-12+. The predicted molar refractivity (Wildman–Crippen MR) is 107 cm³/mol. The summed E-state index contributed by atoms with van der Waals surface area (Å²) in [6.07, 6.45) is 2.73. The number of hydrogen-bond acceptors (Lipinski definition) is 2. The van der Waals surface area contributed by atoms with Gasteiger partial charge in [-0.15, -0.1) is 0 Å². The van der Waals surface area contributed by atoms with Crippen molar-refractivity contribution in [3.63, 3.8) is 0 Å². The van der Waals surface area contributed by atoms with Crippen LogP contribution in [0.2, 0.25) is 0 Å². The SMILES string of the molecule is N#Cc1ccc(CN(Cc2cccc(F)c2)C(=O)/C=C/c2ccccc2F)cc1. The Morgan fingerprint density at radius 3 is 2.34 bits per heavy atom. The van der Waals surface area contributed by atoms with Crippen LogP contribution in [0.4, 0.5) is 8.78 Å². The summed E-state index contributed by atoms with van der Waals surface area (Å²) in [5.74, 6) is -1.13. The van der Waals surface area contributed by atoms with E-state index in [4.69, 9.17) is 5.26 Å². The fourth-order valence-corrected chi connectivity index (χ4v) is 2.85. The molecule has 0 heterocycles. The molecule has 0 fully saturated rings. The van der Waals surface area contributed by atoms with Gasteiger partial charge in [-0.05, 0) is 47.5 Å². The summed E-state index contributed by atoms with van der Waals surface area (Å²) in [7, 11) is 0. The Kier molecular flexibility index (Phi) is 6.49. The lowest BCUT2D eigenvalue weighted by Crippen LogP contribution is -2.28. The monoisotopic (exact) mass is 388 g/mol. The van der Waals surface area contributed by atoms with Crippen LogP contribution in [0.3, 0.4) is 0 Å². The molecule has 0 saturated carbocycles. The normalized spacial score (nSPS) is 10.7. The van der Waals surface area contributed by atoms with Crippen molar-refractivity contribution in [1.82, 2.24) is 4.90 Å². The number of rotatable bonds is 6. The molecule has 0 aliphatic carbocycles. The molecule has 5 heteroatoms. The molecular weight excluding hydrogens is 370 g/mol. The lowest BCUT2D eigenvalue weighted by atomic mass is 10.1. The second-order valence-corrected chi connectivity index (χ2v) is 6.49. The first-order valence-electron chi connectivity index (χ1n) is 9.00. The van der Waals surface area contributed by atoms with Crippen LogP contribution in [0.25, 0.3) is 6.08 Å². The number of carbonyl (C=O) groups excluding carboxylic acids is 1. The lowest BCUT2D eigenvalue weighted by molar-refractivity contribution is -0.127. The van der Waals surface area contributed by atoms with Crippen LogP contribution < -0.4 is 0 Å². The van der Waals surface area contributed by atoms with Crippen LogP contribution >= 0.6 is 0 Å². The maximum Gasteiger partial charge on any atom is 0.247 e. The highest BCUT2D eigenvalue weighted by molar-refractivity contribution is 5.91. The minimum Gasteiger partial charge on any atom is -0.331 e. The second kappa shape index (κ2) is 9.43. The van der Waals surface area contributed by atoms with Crippen LogP contribution in [-0.4, -0.2) is 10.8 Å². The Morgan fingerprint density at radius 1 is 0.931 bits per heavy atom. The smallest absolute Gasteiger partial charge is 0.247 e. The largest absolute Gasteiger partial charge is 0.331 e. The molecular formula is C24H18F2N2O. The topological polar surface area (TPSA) is 44.1 Å². The van der Waals surface area contributed by atoms with Gasteiger partial charge in [0.05, 0.1) is 11.6 Å². The van der Waals surface area contributed by atoms with Gasteiger partial charge in [-0.25, -0.2) is 8.78 Å². The van der Waals surface area contributed by atoms with Gasteiger partial charge in [-0.2, -0.15) is 5.26 Å². The molecule has 3 aromatic carbocycles. The van der Waals surface area contributed by atoms with Crippen molar-refractivity contribution in [3.8, 4) is 6.07 Å². The van der Waals surface area contributed by atoms with Crippen molar-refractivity contribution in [2.24, 2.45) is 0 Å². The highest BCUT2D eigenvalue weighted by Crippen LogP contribution is 2.14. The van der Waals surface area contributed by atoms with Gasteiger partial charge in [-0.3, -0.25) is 4.79 Å². The molecule has 3 rings (SSSR count). The van der Waals surface area contributed by atoms with Gasteiger partial charge in [-0.1, -0.05) is 42.5 Å². The summed E-state index contributed by atoms with van der Waals surface area (Å²) >= 11 is 0. The molecule has 144 valence electrons. The molecule has 0 saturated heterocycles. The Labute approximate surface area is 168 Å². The lowest BCUT2D eigenvalue weighted by Gasteiger charge is -2.22. The third kappa shape index (κ3) is 5.60. The highest BCUT2D eigenvalue weighted by Gasteiger charge is 2.13. The molecule has 3 nitrogen and oxygen atoms in total. The average Bonchev–Trinajstić information content (AvgIpc) is 2.73. The van der Waals surface area contributed by atoms with Crippen LogP contribution in [-0.2, 0) is 17.9 Å². The van der Waals surface area contributed by atoms with Gasteiger partial charge in [0.2, 0.25) is 5.91 Å². The zero-order chi connectivity index (χ0) is 20.6. The molecule has 0 spiro atoms. The van der Waals surface area contributed by atoms with Gasteiger partial charge in [0.25, 0.3) is 0 Å². The van der Waals surface area contributed by atoms with E-state index in [1.165, 1.54) is 35.3 Å². The summed E-state index contributed by atoms with van der Waals surface area (Å²) in [6.45, 7) is 0.459. The molecule has 0 unspecified atom stereocenters. The van der Waals surface area contributed by atoms with Crippen molar-refractivity contribution in [1.29, 1.82) is 5.26 Å². The Morgan fingerprint density at radius 2 is 1.66 bits per heavy atom. The number of halogens is 2. The van der Waals surface area contributed by atoms with Crippen molar-refractivity contribution in [2.75, 3.05) is 0 Å². The van der Waals surface area contributed by atoms with Crippen LogP contribution in [0.15, 0.2) is 78.9 Å². The molecule has 0 aliphatic rings. The van der Waals surface area contributed by atoms with E-state index in [1.54, 1.807) is 54.6 Å². The van der Waals surface area contributed by atoms with E-state index in [2.05, 4.69) is 6.07 Å². The molecule has 1 amide bonds. The van der Waals surface area contributed by atoms with Crippen molar-refractivity contribution >= 4 is 12.0 Å². The highest BCUT2D eigenvalue weighted by atomic mass is 19.1. The first kappa shape index (κ1) is 20.0. The van der Waals surface area contributed by atoms with Crippen molar-refractivity contribution < 1.29 is 13.6 Å². The Bertz CT molecular complexity index is 1070. The molecule has 0 atom stereocenters. The minimum absolute atomic E-state index is 0.193. The quantitative estimate of drug-likeness (QED) is 0.553. The van der Waals surface area contributed by atoms with E-state index in [1.807, 2.05) is 0 Å². The average molecular weight is 388 g/mol. The van der Waals surface area contributed by atoms with Crippen molar-refractivity contribution in [2.45, 2.75) is 13.1 Å². The van der Waals surface area contributed by atoms with Gasteiger partial charge < -0.3 is 4.90 Å². The fourth-order valence-electron chi connectivity index (χ4n) is 2.85. The third-order valence-corrected chi connectivity index (χ3v) is 4.34. The van der Waals surface area contributed by atoms with E-state index in [0.29, 0.717) is 16.7 Å². The summed E-state index contributed by atoms with van der Waals surface area (Å²) in [5, 5.41) is 8.93. The van der Waals surface area contributed by atoms with E-state index in [0.717, 1.165) is 5.56 Å². The number of carbonyl (C=O) groups is 1. The van der Waals surface area contributed by atoms with Gasteiger partial charge >= 0.3 is 0 Å². The second-order valence-electron chi connectivity index (χ2n) is 6.49. The molecule has 0 aromatic heterocycles. The van der Waals surface area contributed by atoms with Crippen LogP contribution in [0.5, 0.6) is 0 Å². The molecule has 3 aromatic rings. The Balaban J connectivity index is 1.83. The Hall–Kier alpha value is -3.78. The van der Waals surface area contributed by atoms with E-state index in [-0.39, 0.29) is 24.8 Å². The van der Waals surface area contributed by atoms with Crippen molar-refractivity contribution in [3.05, 3.63) is 113 Å². The maximum atomic E-state index is 13.8. The van der Waals surface area contributed by atoms with Gasteiger partial charge in [0.15, 0.2) is 0 Å². The van der Waals surface area contributed by atoms with Gasteiger partial charge in [0, 0.05) is 24.7 Å². The fraction of sp³-hybridized carbons (Fsp3) is 0.0833. The number of nitrogens with zero attached hydrogens (tertiary/aromatic N) is 2. The molecule has 0 aliphatic heterocycles. The maximum absolute atomic E-state index is 13.8. The minimum atomic E-state index is -0.416. The molecule has 0 N–H and O–H groups in total. The molecule has 0 bridgehead atoms. The van der Waals surface area contributed by atoms with Crippen LogP contribution in [0, 0.1) is 23.0 Å². The number of hydrogen-bond donors (Lipinski definition) is 0. The van der Waals surface area contributed by atoms with E-state index >= 15 is 0 Å². The predicted octanol–water partition coefficient (Wildman–Crippen LogP) is 5.08. The van der Waals surface area contributed by atoms with Gasteiger partial charge in [0.1, 0.15) is 11.6 Å². The number of amides is 1. The van der Waals surface area contributed by atoms with E-state index in [9.17, 15) is 13.6 Å². The zero-order valence-corrected chi connectivity index (χ0v) is 15.6. The molecule has 29 heavy (non-hydrogen) atoms. The molecule has 0 radical (unpaired) electrons.